The van der Waals surface area contributed by atoms with Gasteiger partial charge < -0.3 is 9.90 Å². The van der Waals surface area contributed by atoms with Gasteiger partial charge in [-0.15, -0.1) is 0 Å². The largest absolute Gasteiger partial charge is 0.550 e. The molecule has 5 heteroatoms. The molecule has 0 radical (unpaired) electrons. The molecule has 3 rings (SSSR count). The van der Waals surface area contributed by atoms with Gasteiger partial charge in [0.15, 0.2) is 0 Å². The van der Waals surface area contributed by atoms with E-state index in [-0.39, 0.29) is 31.2 Å². The van der Waals surface area contributed by atoms with Crippen LogP contribution >= 0.6 is 0 Å². The highest BCUT2D eigenvalue weighted by molar-refractivity contribution is 5.81. The molecule has 1 heterocycles. The predicted octanol–water partition coefficient (Wildman–Crippen LogP) is 2.04. The van der Waals surface area contributed by atoms with Gasteiger partial charge in [0.25, 0.3) is 0 Å². The normalized spacial score (nSPS) is 16.2. The van der Waals surface area contributed by atoms with Crippen molar-refractivity contribution >= 4 is 17.6 Å². The first-order chi connectivity index (χ1) is 12.1. The van der Waals surface area contributed by atoms with E-state index in [4.69, 9.17) is 0 Å². The molecular formula is C20H19N2O3-. The van der Waals surface area contributed by atoms with Gasteiger partial charge in [-0.2, -0.15) is 0 Å². The van der Waals surface area contributed by atoms with Crippen molar-refractivity contribution in [1.29, 1.82) is 0 Å². The number of benzene rings is 2. The topological polar surface area (TPSA) is 72.5 Å². The number of rotatable bonds is 6. The monoisotopic (exact) mass is 335 g/mol. The molecule has 0 fully saturated rings. The van der Waals surface area contributed by atoms with E-state index >= 15 is 0 Å². The maximum atomic E-state index is 12.6. The molecule has 0 aliphatic carbocycles. The molecule has 128 valence electrons. The van der Waals surface area contributed by atoms with Crippen molar-refractivity contribution in [2.75, 3.05) is 0 Å². The summed E-state index contributed by atoms with van der Waals surface area (Å²) in [6.07, 6.45) is 2.32. The smallest absolute Gasteiger partial charge is 0.241 e. The number of aliphatic carboxylic acids is 1. The van der Waals surface area contributed by atoms with Crippen LogP contribution in [0.5, 0.6) is 0 Å². The van der Waals surface area contributed by atoms with Gasteiger partial charge in [0.1, 0.15) is 0 Å². The minimum absolute atomic E-state index is 0.117. The molecule has 0 saturated carbocycles. The molecule has 5 nitrogen and oxygen atoms in total. The van der Waals surface area contributed by atoms with Crippen molar-refractivity contribution in [2.24, 2.45) is 0 Å². The molecule has 0 bridgehead atoms. The van der Waals surface area contributed by atoms with Gasteiger partial charge >= 0.3 is 0 Å². The fraction of sp³-hybridized carbons (Fsp3) is 0.200. The standard InChI is InChI=1S/C20H20N2O3/c23-19(12-7-13-20(24)25)22-18(16-10-5-2-6-11-16)14-17(21-22)15-8-3-1-4-9-15/h1-6,8-11,14,18,21H,7,12-13H2,(H,24,25)/p-1/t18-/m0/s1. The molecule has 1 aliphatic rings. The predicted molar refractivity (Wildman–Crippen MR) is 92.4 cm³/mol. The highest BCUT2D eigenvalue weighted by atomic mass is 16.4. The second kappa shape index (κ2) is 7.66. The number of nitrogens with zero attached hydrogens (tertiary/aromatic N) is 1. The first-order valence-corrected chi connectivity index (χ1v) is 8.26. The van der Waals surface area contributed by atoms with Crippen LogP contribution in [0, 0.1) is 0 Å². The van der Waals surface area contributed by atoms with Gasteiger partial charge in [0, 0.05) is 12.4 Å². The summed E-state index contributed by atoms with van der Waals surface area (Å²) in [7, 11) is 0. The molecule has 25 heavy (non-hydrogen) atoms. The van der Waals surface area contributed by atoms with Gasteiger partial charge in [-0.05, 0) is 30.0 Å². The van der Waals surface area contributed by atoms with Crippen LogP contribution in [-0.2, 0) is 9.59 Å². The van der Waals surface area contributed by atoms with E-state index in [1.807, 2.05) is 66.7 Å². The Kier molecular flexibility index (Phi) is 5.14. The van der Waals surface area contributed by atoms with Crippen LogP contribution in [0.15, 0.2) is 66.7 Å². The minimum atomic E-state index is -1.13. The first kappa shape index (κ1) is 16.8. The lowest BCUT2D eigenvalue weighted by molar-refractivity contribution is -0.305. The zero-order valence-corrected chi connectivity index (χ0v) is 13.7. The van der Waals surface area contributed by atoms with Gasteiger partial charge in [-0.3, -0.25) is 10.2 Å². The Morgan fingerprint density at radius 2 is 1.60 bits per heavy atom. The number of hydrazine groups is 1. The molecule has 1 atom stereocenters. The summed E-state index contributed by atoms with van der Waals surface area (Å²) in [6.45, 7) is 0. The number of carboxylic acid groups (broad SMARTS) is 1. The highest BCUT2D eigenvalue weighted by Gasteiger charge is 2.30. The summed E-state index contributed by atoms with van der Waals surface area (Å²) < 4.78 is 0. The Balaban J connectivity index is 1.81. The molecule has 2 aromatic rings. The van der Waals surface area contributed by atoms with Crippen LogP contribution in [-0.4, -0.2) is 16.9 Å². The third-order valence-corrected chi connectivity index (χ3v) is 4.11. The summed E-state index contributed by atoms with van der Waals surface area (Å²) >= 11 is 0. The second-order valence-corrected chi connectivity index (χ2v) is 5.90. The molecule has 1 amide bonds. The van der Waals surface area contributed by atoms with Crippen LogP contribution in [0.1, 0.15) is 36.4 Å². The molecule has 0 aromatic heterocycles. The number of nitrogens with one attached hydrogen (secondary N) is 1. The molecule has 2 aromatic carbocycles. The van der Waals surface area contributed by atoms with Crippen molar-refractivity contribution in [1.82, 2.24) is 10.4 Å². The van der Waals surface area contributed by atoms with E-state index < -0.39 is 5.97 Å². The van der Waals surface area contributed by atoms with Crippen LogP contribution in [0.2, 0.25) is 0 Å². The van der Waals surface area contributed by atoms with Crippen molar-refractivity contribution in [3.8, 4) is 0 Å². The quantitative estimate of drug-likeness (QED) is 0.877. The van der Waals surface area contributed by atoms with Crippen LogP contribution in [0.3, 0.4) is 0 Å². The summed E-state index contributed by atoms with van der Waals surface area (Å²) in [5, 5.41) is 12.1. The number of hydrogen-bond donors (Lipinski definition) is 1. The maximum absolute atomic E-state index is 12.6. The summed E-state index contributed by atoms with van der Waals surface area (Å²) in [5.41, 5.74) is 6.03. The molecule has 0 unspecified atom stereocenters. The van der Waals surface area contributed by atoms with Gasteiger partial charge in [0.05, 0.1) is 11.7 Å². The lowest BCUT2D eigenvalue weighted by Gasteiger charge is -2.25. The van der Waals surface area contributed by atoms with E-state index in [9.17, 15) is 14.7 Å². The Morgan fingerprint density at radius 1 is 0.960 bits per heavy atom. The van der Waals surface area contributed by atoms with E-state index in [1.165, 1.54) is 0 Å². The SMILES string of the molecule is O=C([O-])CCCC(=O)N1NC(c2ccccc2)=C[C@H]1c1ccccc1. The zero-order chi connectivity index (χ0) is 17.6. The minimum Gasteiger partial charge on any atom is -0.550 e. The van der Waals surface area contributed by atoms with Crippen molar-refractivity contribution < 1.29 is 14.7 Å². The number of carbonyl (C=O) groups excluding carboxylic acids is 2. The maximum Gasteiger partial charge on any atom is 0.241 e. The van der Waals surface area contributed by atoms with Crippen LogP contribution in [0.4, 0.5) is 0 Å². The van der Waals surface area contributed by atoms with E-state index in [0.717, 1.165) is 16.8 Å². The van der Waals surface area contributed by atoms with Crippen molar-refractivity contribution in [3.05, 3.63) is 77.9 Å². The molecular weight excluding hydrogens is 316 g/mol. The van der Waals surface area contributed by atoms with Gasteiger partial charge in [-0.1, -0.05) is 60.7 Å². The van der Waals surface area contributed by atoms with Crippen molar-refractivity contribution in [3.63, 3.8) is 0 Å². The summed E-state index contributed by atoms with van der Waals surface area (Å²) in [5.74, 6) is -1.28. The van der Waals surface area contributed by atoms with E-state index in [0.29, 0.717) is 0 Å². The average molecular weight is 335 g/mol. The number of carboxylic acids is 1. The molecule has 0 spiro atoms. The van der Waals surface area contributed by atoms with E-state index in [1.54, 1.807) is 5.01 Å². The molecule has 0 saturated heterocycles. The van der Waals surface area contributed by atoms with Crippen LogP contribution < -0.4 is 10.5 Å². The molecule has 1 N–H and O–H groups in total. The Morgan fingerprint density at radius 3 is 2.24 bits per heavy atom. The Bertz CT molecular complexity index is 772. The van der Waals surface area contributed by atoms with Gasteiger partial charge in [-0.25, -0.2) is 5.01 Å². The lowest BCUT2D eigenvalue weighted by Crippen LogP contribution is -2.39. The molecule has 1 aliphatic heterocycles. The Labute approximate surface area is 146 Å². The van der Waals surface area contributed by atoms with Gasteiger partial charge in [0.2, 0.25) is 5.91 Å². The third-order valence-electron chi connectivity index (χ3n) is 4.11. The summed E-state index contributed by atoms with van der Waals surface area (Å²) in [4.78, 5) is 23.2. The third kappa shape index (κ3) is 4.07. The number of carbonyl (C=O) groups is 2. The number of amides is 1. The fourth-order valence-corrected chi connectivity index (χ4v) is 2.86. The number of hydrogen-bond acceptors (Lipinski definition) is 4. The first-order valence-electron chi connectivity index (χ1n) is 8.26. The average Bonchev–Trinajstić information content (AvgIpc) is 3.08. The summed E-state index contributed by atoms with van der Waals surface area (Å²) in [6, 6.07) is 19.3. The van der Waals surface area contributed by atoms with Crippen molar-refractivity contribution in [2.45, 2.75) is 25.3 Å². The Hall–Kier alpha value is -3.08. The zero-order valence-electron chi connectivity index (χ0n) is 13.7. The van der Waals surface area contributed by atoms with Crippen LogP contribution in [0.25, 0.3) is 5.70 Å². The fourth-order valence-electron chi connectivity index (χ4n) is 2.86. The lowest BCUT2D eigenvalue weighted by atomic mass is 10.0. The highest BCUT2D eigenvalue weighted by Crippen LogP contribution is 2.31. The van der Waals surface area contributed by atoms with E-state index in [2.05, 4.69) is 5.43 Å². The second-order valence-electron chi connectivity index (χ2n) is 5.90.